The van der Waals surface area contributed by atoms with E-state index in [-0.39, 0.29) is 12.0 Å². The van der Waals surface area contributed by atoms with E-state index in [0.29, 0.717) is 12.6 Å². The van der Waals surface area contributed by atoms with Gasteiger partial charge in [0.25, 0.3) is 0 Å². The van der Waals surface area contributed by atoms with E-state index in [1.165, 1.54) is 0 Å². The maximum absolute atomic E-state index is 5.32. The van der Waals surface area contributed by atoms with Crippen LogP contribution in [0, 0.1) is 12.3 Å². The monoisotopic (exact) mass is 236 g/mol. The summed E-state index contributed by atoms with van der Waals surface area (Å²) in [6, 6.07) is 0.381. The van der Waals surface area contributed by atoms with Crippen LogP contribution in [0.5, 0.6) is 12.0 Å². The van der Waals surface area contributed by atoms with Crippen molar-refractivity contribution in [2.24, 2.45) is 0 Å². The fraction of sp³-hybridized carbons (Fsp3) is 0.545. The minimum atomic E-state index is -0.402. The molecule has 0 aliphatic rings. The van der Waals surface area contributed by atoms with E-state index in [0.717, 1.165) is 6.42 Å². The summed E-state index contributed by atoms with van der Waals surface area (Å²) in [5.41, 5.74) is 0. The molecule has 1 rings (SSSR count). The van der Waals surface area contributed by atoms with Crippen molar-refractivity contribution in [3.8, 4) is 24.4 Å². The van der Waals surface area contributed by atoms with Gasteiger partial charge >= 0.3 is 12.0 Å². The zero-order chi connectivity index (χ0) is 12.7. The van der Waals surface area contributed by atoms with Crippen molar-refractivity contribution in [2.75, 3.05) is 19.0 Å². The standard InChI is InChI=1S/C11H16N4O2/c1-5-7-16-10-13-9(12-4)14-11(15-10)17-8(3)6-2/h2,8H,5,7H2,1,3-4H3,(H,12,13,14,15). The van der Waals surface area contributed by atoms with Crippen LogP contribution in [-0.2, 0) is 0 Å². The van der Waals surface area contributed by atoms with Gasteiger partial charge in [0.1, 0.15) is 0 Å². The molecule has 0 saturated heterocycles. The van der Waals surface area contributed by atoms with Crippen molar-refractivity contribution in [3.05, 3.63) is 0 Å². The van der Waals surface area contributed by atoms with Crippen LogP contribution in [0.1, 0.15) is 20.3 Å². The van der Waals surface area contributed by atoms with Crippen LogP contribution >= 0.6 is 0 Å². The molecule has 1 aromatic heterocycles. The molecule has 0 aliphatic heterocycles. The minimum Gasteiger partial charge on any atom is -0.463 e. The summed E-state index contributed by atoms with van der Waals surface area (Å²) in [6.45, 7) is 4.27. The normalized spacial score (nSPS) is 11.4. The van der Waals surface area contributed by atoms with Crippen LogP contribution < -0.4 is 14.8 Å². The number of anilines is 1. The molecule has 0 aromatic carbocycles. The highest BCUT2D eigenvalue weighted by molar-refractivity contribution is 5.26. The third-order valence-corrected chi connectivity index (χ3v) is 1.77. The Kier molecular flexibility index (Phi) is 5.01. The lowest BCUT2D eigenvalue weighted by molar-refractivity contribution is 0.240. The Morgan fingerprint density at radius 3 is 2.65 bits per heavy atom. The SMILES string of the molecule is C#CC(C)Oc1nc(NC)nc(OCCC)n1. The van der Waals surface area contributed by atoms with Gasteiger partial charge < -0.3 is 14.8 Å². The number of aromatic nitrogens is 3. The lowest BCUT2D eigenvalue weighted by Crippen LogP contribution is -2.13. The van der Waals surface area contributed by atoms with E-state index in [4.69, 9.17) is 15.9 Å². The molecule has 0 amide bonds. The first-order chi connectivity index (χ1) is 8.19. The van der Waals surface area contributed by atoms with E-state index >= 15 is 0 Å². The molecular formula is C11H16N4O2. The van der Waals surface area contributed by atoms with Gasteiger partial charge in [-0.15, -0.1) is 11.4 Å². The number of terminal acetylenes is 1. The average Bonchev–Trinajstić information content (AvgIpc) is 2.35. The quantitative estimate of drug-likeness (QED) is 0.746. The smallest absolute Gasteiger partial charge is 0.325 e. The molecule has 0 radical (unpaired) electrons. The van der Waals surface area contributed by atoms with Gasteiger partial charge in [-0.05, 0) is 13.3 Å². The Balaban J connectivity index is 2.85. The highest BCUT2D eigenvalue weighted by Crippen LogP contribution is 2.13. The first-order valence-electron chi connectivity index (χ1n) is 5.39. The summed E-state index contributed by atoms with van der Waals surface area (Å²) in [7, 11) is 1.70. The summed E-state index contributed by atoms with van der Waals surface area (Å²) >= 11 is 0. The number of nitrogens with one attached hydrogen (secondary N) is 1. The first kappa shape index (κ1) is 13.0. The second kappa shape index (κ2) is 6.53. The van der Waals surface area contributed by atoms with Crippen molar-refractivity contribution in [3.63, 3.8) is 0 Å². The molecule has 17 heavy (non-hydrogen) atoms. The highest BCUT2D eigenvalue weighted by atomic mass is 16.5. The average molecular weight is 236 g/mol. The number of hydrogen-bond acceptors (Lipinski definition) is 6. The van der Waals surface area contributed by atoms with Crippen LogP contribution in [0.4, 0.5) is 5.95 Å². The molecule has 0 spiro atoms. The Hall–Kier alpha value is -2.03. The Bertz CT molecular complexity index is 403. The van der Waals surface area contributed by atoms with E-state index < -0.39 is 6.10 Å². The zero-order valence-electron chi connectivity index (χ0n) is 10.2. The Morgan fingerprint density at radius 1 is 1.35 bits per heavy atom. The molecule has 1 atom stereocenters. The zero-order valence-corrected chi connectivity index (χ0v) is 10.2. The van der Waals surface area contributed by atoms with Gasteiger partial charge in [0, 0.05) is 7.05 Å². The number of nitrogens with zero attached hydrogens (tertiary/aromatic N) is 3. The molecule has 1 unspecified atom stereocenters. The van der Waals surface area contributed by atoms with Crippen molar-refractivity contribution < 1.29 is 9.47 Å². The van der Waals surface area contributed by atoms with Crippen LogP contribution in [0.15, 0.2) is 0 Å². The molecule has 1 aromatic rings. The van der Waals surface area contributed by atoms with E-state index in [1.54, 1.807) is 14.0 Å². The molecule has 6 nitrogen and oxygen atoms in total. The molecule has 92 valence electrons. The van der Waals surface area contributed by atoms with Gasteiger partial charge in [-0.3, -0.25) is 0 Å². The first-order valence-corrected chi connectivity index (χ1v) is 5.39. The van der Waals surface area contributed by atoms with E-state index in [1.807, 2.05) is 6.92 Å². The third kappa shape index (κ3) is 4.15. The van der Waals surface area contributed by atoms with Crippen molar-refractivity contribution in [1.29, 1.82) is 0 Å². The second-order valence-electron chi connectivity index (χ2n) is 3.25. The van der Waals surface area contributed by atoms with Gasteiger partial charge in [0.05, 0.1) is 6.61 Å². The van der Waals surface area contributed by atoms with Crippen LogP contribution in [0.3, 0.4) is 0 Å². The molecule has 0 bridgehead atoms. The molecule has 0 aliphatic carbocycles. The van der Waals surface area contributed by atoms with Gasteiger partial charge in [-0.25, -0.2) is 0 Å². The summed E-state index contributed by atoms with van der Waals surface area (Å²) in [5, 5.41) is 2.80. The lowest BCUT2D eigenvalue weighted by atomic mass is 10.4. The highest BCUT2D eigenvalue weighted by Gasteiger charge is 2.09. The van der Waals surface area contributed by atoms with Gasteiger partial charge in [-0.1, -0.05) is 12.8 Å². The minimum absolute atomic E-state index is 0.154. The number of hydrogen-bond donors (Lipinski definition) is 1. The van der Waals surface area contributed by atoms with Gasteiger partial charge in [0.2, 0.25) is 5.95 Å². The fourth-order valence-corrected chi connectivity index (χ4v) is 0.953. The lowest BCUT2D eigenvalue weighted by Gasteiger charge is -2.09. The third-order valence-electron chi connectivity index (χ3n) is 1.77. The van der Waals surface area contributed by atoms with Crippen molar-refractivity contribution in [2.45, 2.75) is 26.4 Å². The summed E-state index contributed by atoms with van der Waals surface area (Å²) < 4.78 is 10.6. The molecule has 1 N–H and O–H groups in total. The predicted molar refractivity (Wildman–Crippen MR) is 64.1 cm³/mol. The molecule has 0 saturated carbocycles. The molecule has 0 fully saturated rings. The van der Waals surface area contributed by atoms with Crippen molar-refractivity contribution in [1.82, 2.24) is 15.0 Å². The largest absolute Gasteiger partial charge is 0.463 e. The number of rotatable bonds is 6. The van der Waals surface area contributed by atoms with Crippen LogP contribution in [-0.4, -0.2) is 34.7 Å². The predicted octanol–water partition coefficient (Wildman–Crippen LogP) is 1.10. The Morgan fingerprint density at radius 2 is 2.06 bits per heavy atom. The fourth-order valence-electron chi connectivity index (χ4n) is 0.953. The maximum atomic E-state index is 5.32. The summed E-state index contributed by atoms with van der Waals surface area (Å²) in [6.07, 6.45) is 5.69. The number of ether oxygens (including phenoxy) is 2. The van der Waals surface area contributed by atoms with Crippen LogP contribution in [0.25, 0.3) is 0 Å². The molecule has 1 heterocycles. The molecular weight excluding hydrogens is 220 g/mol. The topological polar surface area (TPSA) is 69.2 Å². The van der Waals surface area contributed by atoms with Gasteiger partial charge in [0.15, 0.2) is 6.10 Å². The Labute approximate surface area is 101 Å². The van der Waals surface area contributed by atoms with Gasteiger partial charge in [-0.2, -0.15) is 9.97 Å². The second-order valence-corrected chi connectivity index (χ2v) is 3.25. The molecule has 6 heteroatoms. The van der Waals surface area contributed by atoms with Crippen LogP contribution in [0.2, 0.25) is 0 Å². The summed E-state index contributed by atoms with van der Waals surface area (Å²) in [5.74, 6) is 2.81. The van der Waals surface area contributed by atoms with E-state index in [2.05, 4.69) is 26.2 Å². The summed E-state index contributed by atoms with van der Waals surface area (Å²) in [4.78, 5) is 12.1. The van der Waals surface area contributed by atoms with Crippen molar-refractivity contribution >= 4 is 5.95 Å². The van der Waals surface area contributed by atoms with E-state index in [9.17, 15) is 0 Å². The maximum Gasteiger partial charge on any atom is 0.325 e.